The molecule has 7 nitrogen and oxygen atoms in total. The highest BCUT2D eigenvalue weighted by Gasteiger charge is 2.23. The van der Waals surface area contributed by atoms with Crippen LogP contribution in [0.25, 0.3) is 11.4 Å². The monoisotopic (exact) mass is 480 g/mol. The molecule has 0 saturated heterocycles. The minimum atomic E-state index is -0.444. The van der Waals surface area contributed by atoms with E-state index in [9.17, 15) is 9.18 Å². The van der Waals surface area contributed by atoms with E-state index < -0.39 is 5.25 Å². The van der Waals surface area contributed by atoms with Crippen molar-refractivity contribution in [1.29, 1.82) is 0 Å². The first-order chi connectivity index (χ1) is 16.4. The van der Waals surface area contributed by atoms with Crippen molar-refractivity contribution >= 4 is 17.7 Å². The number of carbonyl (C=O) groups is 1. The predicted octanol–water partition coefficient (Wildman–Crippen LogP) is 5.09. The summed E-state index contributed by atoms with van der Waals surface area (Å²) in [6, 6.07) is 17.1. The molecule has 0 radical (unpaired) electrons. The molecule has 1 amide bonds. The Bertz CT molecular complexity index is 1240. The lowest BCUT2D eigenvalue weighted by molar-refractivity contribution is -0.120. The molecule has 0 saturated carbocycles. The number of carbonyl (C=O) groups excluding carboxylic acids is 1. The minimum absolute atomic E-state index is 0.155. The quantitative estimate of drug-likeness (QED) is 0.336. The van der Waals surface area contributed by atoms with Crippen molar-refractivity contribution in [2.75, 3.05) is 7.11 Å². The second-order valence-corrected chi connectivity index (χ2v) is 9.05. The van der Waals surface area contributed by atoms with E-state index in [1.807, 2.05) is 54.8 Å². The van der Waals surface area contributed by atoms with Crippen LogP contribution in [-0.2, 0) is 11.3 Å². The molecule has 0 fully saturated rings. The number of aromatic nitrogens is 3. The van der Waals surface area contributed by atoms with Gasteiger partial charge in [0.1, 0.15) is 17.3 Å². The van der Waals surface area contributed by atoms with E-state index in [-0.39, 0.29) is 17.8 Å². The Labute approximate surface area is 201 Å². The third kappa shape index (κ3) is 5.48. The summed E-state index contributed by atoms with van der Waals surface area (Å²) in [6.45, 7) is 4.09. The van der Waals surface area contributed by atoms with Gasteiger partial charge in [0.05, 0.1) is 31.2 Å². The third-order valence-corrected chi connectivity index (χ3v) is 6.40. The summed E-state index contributed by atoms with van der Waals surface area (Å²) < 4.78 is 26.0. The number of benzene rings is 2. The zero-order valence-corrected chi connectivity index (χ0v) is 19.9. The van der Waals surface area contributed by atoms with Gasteiger partial charge in [0.25, 0.3) is 0 Å². The lowest BCUT2D eigenvalue weighted by atomic mass is 10.1. The van der Waals surface area contributed by atoms with Crippen molar-refractivity contribution in [3.8, 4) is 17.1 Å². The van der Waals surface area contributed by atoms with Gasteiger partial charge in [-0.15, -0.1) is 10.2 Å². The highest BCUT2D eigenvalue weighted by molar-refractivity contribution is 8.00. The maximum absolute atomic E-state index is 13.2. The van der Waals surface area contributed by atoms with Gasteiger partial charge in [-0.3, -0.25) is 9.36 Å². The normalized spacial score (nSPS) is 12.8. The first-order valence-corrected chi connectivity index (χ1v) is 11.6. The predicted molar refractivity (Wildman–Crippen MR) is 128 cm³/mol. The molecule has 4 aromatic rings. The largest absolute Gasteiger partial charge is 0.497 e. The van der Waals surface area contributed by atoms with Gasteiger partial charge < -0.3 is 14.5 Å². The Morgan fingerprint density at radius 2 is 1.94 bits per heavy atom. The number of hydrogen-bond donors (Lipinski definition) is 1. The summed E-state index contributed by atoms with van der Waals surface area (Å²) >= 11 is 1.31. The van der Waals surface area contributed by atoms with Crippen LogP contribution in [0.2, 0.25) is 0 Å². The molecule has 2 heterocycles. The lowest BCUT2D eigenvalue weighted by Crippen LogP contribution is -2.33. The summed E-state index contributed by atoms with van der Waals surface area (Å²) in [6.07, 6.45) is 1.62. The minimum Gasteiger partial charge on any atom is -0.497 e. The molecule has 2 aromatic carbocycles. The fraction of sp³-hybridized carbons (Fsp3) is 0.240. The van der Waals surface area contributed by atoms with Crippen molar-refractivity contribution in [2.24, 2.45) is 0 Å². The number of ether oxygens (including phenoxy) is 1. The lowest BCUT2D eigenvalue weighted by Gasteiger charge is -2.18. The van der Waals surface area contributed by atoms with Crippen LogP contribution < -0.4 is 10.1 Å². The van der Waals surface area contributed by atoms with Crippen LogP contribution in [0.3, 0.4) is 0 Å². The highest BCUT2D eigenvalue weighted by Crippen LogP contribution is 2.30. The molecule has 0 aliphatic rings. The van der Waals surface area contributed by atoms with Gasteiger partial charge >= 0.3 is 0 Å². The standard InChI is InChI=1S/C25H25FN4O3S/c1-16(18-9-11-20(26)12-10-18)27-24(31)17(2)34-25-29-28-23(19-6-4-7-21(14-19)32-3)30(25)15-22-8-5-13-33-22/h4-14,16-17H,15H2,1-3H3,(H,27,31)/t16-,17+/m1/s1. The number of halogens is 1. The number of thioether (sulfide) groups is 1. The molecule has 0 aliphatic carbocycles. The molecule has 2 atom stereocenters. The molecular formula is C25H25FN4O3S. The fourth-order valence-electron chi connectivity index (χ4n) is 3.43. The summed E-state index contributed by atoms with van der Waals surface area (Å²) in [5, 5.41) is 11.9. The van der Waals surface area contributed by atoms with Gasteiger partial charge in [-0.2, -0.15) is 0 Å². The zero-order valence-electron chi connectivity index (χ0n) is 19.1. The Kier molecular flexibility index (Phi) is 7.32. The number of hydrogen-bond acceptors (Lipinski definition) is 6. The number of nitrogens with zero attached hydrogens (tertiary/aromatic N) is 3. The van der Waals surface area contributed by atoms with Crippen LogP contribution in [0, 0.1) is 5.82 Å². The van der Waals surface area contributed by atoms with Gasteiger partial charge in [-0.25, -0.2) is 4.39 Å². The molecule has 2 aromatic heterocycles. The first-order valence-electron chi connectivity index (χ1n) is 10.8. The van der Waals surface area contributed by atoms with E-state index in [2.05, 4.69) is 15.5 Å². The number of rotatable bonds is 9. The van der Waals surface area contributed by atoms with Gasteiger partial charge in [0.2, 0.25) is 5.91 Å². The third-order valence-electron chi connectivity index (χ3n) is 5.32. The average Bonchev–Trinajstić information content (AvgIpc) is 3.50. The molecule has 9 heteroatoms. The molecule has 1 N–H and O–H groups in total. The van der Waals surface area contributed by atoms with Gasteiger partial charge in [-0.05, 0) is 55.8 Å². The maximum atomic E-state index is 13.2. The Morgan fingerprint density at radius 1 is 1.15 bits per heavy atom. The van der Waals surface area contributed by atoms with Gasteiger partial charge in [0.15, 0.2) is 11.0 Å². The molecule has 0 bridgehead atoms. The van der Waals surface area contributed by atoms with Crippen molar-refractivity contribution in [3.05, 3.63) is 84.1 Å². The zero-order chi connectivity index (χ0) is 24.1. The van der Waals surface area contributed by atoms with E-state index in [1.54, 1.807) is 25.5 Å². The van der Waals surface area contributed by atoms with E-state index in [0.29, 0.717) is 23.3 Å². The molecule has 0 spiro atoms. The Balaban J connectivity index is 1.54. The number of nitrogens with one attached hydrogen (secondary N) is 1. The summed E-state index contributed by atoms with van der Waals surface area (Å²) in [7, 11) is 1.61. The van der Waals surface area contributed by atoms with E-state index in [4.69, 9.17) is 9.15 Å². The maximum Gasteiger partial charge on any atom is 0.233 e. The van der Waals surface area contributed by atoms with Crippen molar-refractivity contribution < 1.29 is 18.3 Å². The smallest absolute Gasteiger partial charge is 0.233 e. The van der Waals surface area contributed by atoms with Crippen LogP contribution >= 0.6 is 11.8 Å². The van der Waals surface area contributed by atoms with Crippen molar-refractivity contribution in [3.63, 3.8) is 0 Å². The molecule has 4 rings (SSSR count). The van der Waals surface area contributed by atoms with E-state index in [1.165, 1.54) is 23.9 Å². The SMILES string of the molecule is COc1cccc(-c2nnc(S[C@@H](C)C(=O)N[C@H](C)c3ccc(F)cc3)n2Cc2ccco2)c1. The Morgan fingerprint density at radius 3 is 2.65 bits per heavy atom. The fourth-order valence-corrected chi connectivity index (χ4v) is 4.29. The number of amides is 1. The molecule has 0 aliphatic heterocycles. The van der Waals surface area contributed by atoms with E-state index >= 15 is 0 Å². The summed E-state index contributed by atoms with van der Waals surface area (Å²) in [5.74, 6) is 1.63. The van der Waals surface area contributed by atoms with Crippen LogP contribution in [0.15, 0.2) is 76.5 Å². The molecule has 34 heavy (non-hydrogen) atoms. The topological polar surface area (TPSA) is 82.2 Å². The van der Waals surface area contributed by atoms with Crippen LogP contribution in [-0.4, -0.2) is 33.0 Å². The van der Waals surface area contributed by atoms with Gasteiger partial charge in [-0.1, -0.05) is 36.0 Å². The summed E-state index contributed by atoms with van der Waals surface area (Å²) in [5.41, 5.74) is 1.67. The Hall–Kier alpha value is -3.59. The highest BCUT2D eigenvalue weighted by atomic mass is 32.2. The second-order valence-electron chi connectivity index (χ2n) is 7.75. The number of furan rings is 1. The summed E-state index contributed by atoms with van der Waals surface area (Å²) in [4.78, 5) is 12.9. The number of methoxy groups -OCH3 is 1. The molecule has 176 valence electrons. The van der Waals surface area contributed by atoms with Crippen LogP contribution in [0.1, 0.15) is 31.2 Å². The average molecular weight is 481 g/mol. The van der Waals surface area contributed by atoms with Crippen molar-refractivity contribution in [1.82, 2.24) is 20.1 Å². The first kappa shape index (κ1) is 23.6. The van der Waals surface area contributed by atoms with Crippen LogP contribution in [0.4, 0.5) is 4.39 Å². The molecule has 0 unspecified atom stereocenters. The molecular weight excluding hydrogens is 455 g/mol. The second kappa shape index (κ2) is 10.6. The van der Waals surface area contributed by atoms with Crippen molar-refractivity contribution in [2.45, 2.75) is 36.8 Å². The van der Waals surface area contributed by atoms with Crippen LogP contribution in [0.5, 0.6) is 5.75 Å². The van der Waals surface area contributed by atoms with E-state index in [0.717, 1.165) is 16.9 Å². The van der Waals surface area contributed by atoms with Gasteiger partial charge in [0, 0.05) is 5.56 Å².